The molecule has 2 nitrogen and oxygen atoms in total. The quantitative estimate of drug-likeness (QED) is 0.682. The molecule has 82 valence electrons. The van der Waals surface area contributed by atoms with Crippen LogP contribution in [0.1, 0.15) is 18.4 Å². The Morgan fingerprint density at radius 2 is 1.80 bits per heavy atom. The largest absolute Gasteiger partial charge is 0.357 e. The minimum Gasteiger partial charge on any atom is -0.357 e. The fraction of sp³-hybridized carbons (Fsp3) is 0.538. The van der Waals surface area contributed by atoms with Crippen LogP contribution in [0.5, 0.6) is 0 Å². The molecule has 0 atom stereocenters. The van der Waals surface area contributed by atoms with Gasteiger partial charge in [-0.25, -0.2) is 0 Å². The summed E-state index contributed by atoms with van der Waals surface area (Å²) in [5.74, 6) is 0.893. The fourth-order valence-corrected chi connectivity index (χ4v) is 2.44. The molecule has 15 heavy (non-hydrogen) atoms. The second-order valence-corrected chi connectivity index (χ2v) is 4.64. The summed E-state index contributed by atoms with van der Waals surface area (Å²) in [5.41, 5.74) is 5.48. The third-order valence-corrected chi connectivity index (χ3v) is 3.52. The van der Waals surface area contributed by atoms with Crippen molar-refractivity contribution < 1.29 is 10.6 Å². The lowest BCUT2D eigenvalue weighted by Gasteiger charge is -2.27. The third-order valence-electron chi connectivity index (χ3n) is 3.52. The summed E-state index contributed by atoms with van der Waals surface area (Å²) >= 11 is 0. The SMILES string of the molecule is [NH3+]CC1CC[NH+](Cc2ccccc2)CC1. The Morgan fingerprint density at radius 1 is 1.13 bits per heavy atom. The van der Waals surface area contributed by atoms with Crippen LogP contribution in [-0.4, -0.2) is 19.6 Å². The minimum absolute atomic E-state index is 0.893. The highest BCUT2D eigenvalue weighted by molar-refractivity contribution is 5.13. The van der Waals surface area contributed by atoms with E-state index in [0.29, 0.717) is 0 Å². The van der Waals surface area contributed by atoms with Crippen molar-refractivity contribution in [3.8, 4) is 0 Å². The maximum Gasteiger partial charge on any atom is 0.103 e. The topological polar surface area (TPSA) is 32.1 Å². The van der Waals surface area contributed by atoms with Gasteiger partial charge in [0.15, 0.2) is 0 Å². The molecule has 0 spiro atoms. The molecule has 2 rings (SSSR count). The molecule has 0 aliphatic carbocycles. The third kappa shape index (κ3) is 3.05. The molecule has 1 aromatic rings. The number of quaternary nitrogens is 2. The van der Waals surface area contributed by atoms with E-state index in [1.165, 1.54) is 38.0 Å². The van der Waals surface area contributed by atoms with Crippen molar-refractivity contribution in [3.63, 3.8) is 0 Å². The average molecular weight is 206 g/mol. The van der Waals surface area contributed by atoms with Crippen molar-refractivity contribution in [1.29, 1.82) is 0 Å². The summed E-state index contributed by atoms with van der Waals surface area (Å²) in [7, 11) is 0. The molecular weight excluding hydrogens is 184 g/mol. The number of likely N-dealkylation sites (tertiary alicyclic amines) is 1. The van der Waals surface area contributed by atoms with Crippen molar-refractivity contribution >= 4 is 0 Å². The maximum absolute atomic E-state index is 4.01. The van der Waals surface area contributed by atoms with E-state index < -0.39 is 0 Å². The fourth-order valence-electron chi connectivity index (χ4n) is 2.44. The Kier molecular flexibility index (Phi) is 3.75. The van der Waals surface area contributed by atoms with E-state index in [0.717, 1.165) is 12.5 Å². The van der Waals surface area contributed by atoms with E-state index in [4.69, 9.17) is 0 Å². The molecule has 1 saturated heterocycles. The number of rotatable bonds is 3. The number of hydrogen-bond acceptors (Lipinski definition) is 0. The van der Waals surface area contributed by atoms with E-state index in [1.54, 1.807) is 4.90 Å². The van der Waals surface area contributed by atoms with Crippen molar-refractivity contribution in [2.24, 2.45) is 5.92 Å². The molecule has 1 aliphatic rings. The van der Waals surface area contributed by atoms with Crippen LogP contribution in [-0.2, 0) is 6.54 Å². The van der Waals surface area contributed by atoms with Crippen LogP contribution in [0.4, 0.5) is 0 Å². The Morgan fingerprint density at radius 3 is 2.40 bits per heavy atom. The zero-order chi connectivity index (χ0) is 10.5. The van der Waals surface area contributed by atoms with Gasteiger partial charge in [0.1, 0.15) is 6.54 Å². The first-order valence-electron chi connectivity index (χ1n) is 6.05. The molecule has 0 radical (unpaired) electrons. The zero-order valence-corrected chi connectivity index (χ0v) is 9.41. The van der Waals surface area contributed by atoms with Gasteiger partial charge in [0.05, 0.1) is 19.6 Å². The zero-order valence-electron chi connectivity index (χ0n) is 9.41. The number of piperidine rings is 1. The normalized spacial score (nSPS) is 26.5. The molecule has 1 heterocycles. The lowest BCUT2D eigenvalue weighted by Crippen LogP contribution is -3.11. The second kappa shape index (κ2) is 5.29. The Balaban J connectivity index is 1.82. The van der Waals surface area contributed by atoms with Crippen molar-refractivity contribution in [1.82, 2.24) is 0 Å². The summed E-state index contributed by atoms with van der Waals surface area (Å²) in [5, 5.41) is 0. The highest BCUT2D eigenvalue weighted by atomic mass is 15.1. The average Bonchev–Trinajstić information content (AvgIpc) is 2.31. The number of nitrogens with one attached hydrogen (secondary N) is 1. The maximum atomic E-state index is 4.01. The summed E-state index contributed by atoms with van der Waals surface area (Å²) in [4.78, 5) is 1.74. The molecule has 0 bridgehead atoms. The molecule has 0 unspecified atom stereocenters. The Bertz CT molecular complexity index is 276. The first-order chi connectivity index (χ1) is 7.38. The van der Waals surface area contributed by atoms with Crippen LogP contribution in [0, 0.1) is 5.92 Å². The molecule has 0 aromatic heterocycles. The van der Waals surface area contributed by atoms with E-state index in [-0.39, 0.29) is 0 Å². The number of benzene rings is 1. The molecule has 2 heteroatoms. The van der Waals surface area contributed by atoms with Gasteiger partial charge in [0.25, 0.3) is 0 Å². The molecule has 1 aliphatic heterocycles. The number of hydrogen-bond donors (Lipinski definition) is 2. The standard InChI is InChI=1S/C13H20N2/c14-10-12-6-8-15(9-7-12)11-13-4-2-1-3-5-13/h1-5,12H,6-11,14H2/p+2. The molecule has 1 aromatic carbocycles. The monoisotopic (exact) mass is 206 g/mol. The van der Waals surface area contributed by atoms with Gasteiger partial charge >= 0.3 is 0 Å². The first kappa shape index (κ1) is 10.7. The van der Waals surface area contributed by atoms with E-state index >= 15 is 0 Å². The molecule has 0 amide bonds. The van der Waals surface area contributed by atoms with Crippen LogP contribution >= 0.6 is 0 Å². The summed E-state index contributed by atoms with van der Waals surface area (Å²) < 4.78 is 0. The highest BCUT2D eigenvalue weighted by Crippen LogP contribution is 2.06. The predicted octanol–water partition coefficient (Wildman–Crippen LogP) is -0.277. The Hall–Kier alpha value is -0.860. The van der Waals surface area contributed by atoms with Crippen LogP contribution < -0.4 is 10.6 Å². The van der Waals surface area contributed by atoms with Crippen LogP contribution in [0.3, 0.4) is 0 Å². The molecule has 0 saturated carbocycles. The summed E-state index contributed by atoms with van der Waals surface area (Å²) in [6.45, 7) is 4.98. The van der Waals surface area contributed by atoms with Crippen molar-refractivity contribution in [3.05, 3.63) is 35.9 Å². The summed E-state index contributed by atoms with van der Waals surface area (Å²) in [6, 6.07) is 10.8. The molecule has 1 fully saturated rings. The Labute approximate surface area is 92.1 Å². The van der Waals surface area contributed by atoms with E-state index in [9.17, 15) is 0 Å². The van der Waals surface area contributed by atoms with Crippen LogP contribution in [0.15, 0.2) is 30.3 Å². The highest BCUT2D eigenvalue weighted by Gasteiger charge is 2.21. The first-order valence-corrected chi connectivity index (χ1v) is 6.05. The molecular formula is C13H22N2+2. The lowest BCUT2D eigenvalue weighted by atomic mass is 9.97. The van der Waals surface area contributed by atoms with Crippen LogP contribution in [0.2, 0.25) is 0 Å². The van der Waals surface area contributed by atoms with Gasteiger partial charge in [-0.05, 0) is 0 Å². The van der Waals surface area contributed by atoms with E-state index in [1.807, 2.05) is 0 Å². The lowest BCUT2D eigenvalue weighted by molar-refractivity contribution is -0.920. The van der Waals surface area contributed by atoms with Gasteiger partial charge < -0.3 is 10.6 Å². The van der Waals surface area contributed by atoms with Crippen LogP contribution in [0.25, 0.3) is 0 Å². The molecule has 4 N–H and O–H groups in total. The van der Waals surface area contributed by atoms with Gasteiger partial charge in [-0.1, -0.05) is 30.3 Å². The van der Waals surface area contributed by atoms with Gasteiger partial charge in [-0.2, -0.15) is 0 Å². The van der Waals surface area contributed by atoms with Gasteiger partial charge in [-0.3, -0.25) is 0 Å². The predicted molar refractivity (Wildman–Crippen MR) is 61.3 cm³/mol. The summed E-state index contributed by atoms with van der Waals surface area (Å²) in [6.07, 6.45) is 2.73. The second-order valence-electron chi connectivity index (χ2n) is 4.64. The van der Waals surface area contributed by atoms with Crippen molar-refractivity contribution in [2.75, 3.05) is 19.6 Å². The smallest absolute Gasteiger partial charge is 0.103 e. The van der Waals surface area contributed by atoms with Crippen molar-refractivity contribution in [2.45, 2.75) is 19.4 Å². The van der Waals surface area contributed by atoms with Gasteiger partial charge in [0.2, 0.25) is 0 Å². The van der Waals surface area contributed by atoms with Gasteiger partial charge in [-0.15, -0.1) is 0 Å². The van der Waals surface area contributed by atoms with E-state index in [2.05, 4.69) is 36.1 Å². The van der Waals surface area contributed by atoms with Gasteiger partial charge in [0, 0.05) is 24.3 Å². The minimum atomic E-state index is 0.893.